The zero-order valence-electron chi connectivity index (χ0n) is 12.5. The molecule has 2 aromatic carbocycles. The first kappa shape index (κ1) is 17.8. The number of anilines is 1. The summed E-state index contributed by atoms with van der Waals surface area (Å²) in [6, 6.07) is 8.66. The van der Waals surface area contributed by atoms with Gasteiger partial charge in [-0.25, -0.2) is 17.2 Å². The number of sulfonamides is 1. The van der Waals surface area contributed by atoms with E-state index in [9.17, 15) is 27.1 Å². The summed E-state index contributed by atoms with van der Waals surface area (Å²) in [6.45, 7) is 0. The van der Waals surface area contributed by atoms with E-state index in [1.54, 1.807) is 10.8 Å². The lowest BCUT2D eigenvalue weighted by molar-refractivity contribution is -0.133. The molecule has 1 amide bonds. The van der Waals surface area contributed by atoms with E-state index in [1.165, 1.54) is 24.3 Å². The molecule has 4 N–H and O–H groups in total. The Morgan fingerprint density at radius 1 is 1.12 bits per heavy atom. The van der Waals surface area contributed by atoms with E-state index < -0.39 is 44.4 Å². The van der Waals surface area contributed by atoms with Crippen LogP contribution in [0.2, 0.25) is 0 Å². The number of nitrogens with one attached hydrogen (secondary N) is 1. The second-order valence-corrected chi connectivity index (χ2v) is 6.88. The fourth-order valence-electron chi connectivity index (χ4n) is 2.20. The van der Waals surface area contributed by atoms with Gasteiger partial charge in [0.05, 0.1) is 6.26 Å². The summed E-state index contributed by atoms with van der Waals surface area (Å²) in [5.41, 5.74) is 1.39. The second-order valence-electron chi connectivity index (χ2n) is 5.13. The molecule has 0 fully saturated rings. The van der Waals surface area contributed by atoms with Gasteiger partial charge in [0.25, 0.3) is 5.91 Å². The molecule has 2 aromatic rings. The molecule has 0 saturated heterocycles. The molecule has 0 radical (unpaired) electrons. The lowest BCUT2D eigenvalue weighted by atomic mass is 9.85. The van der Waals surface area contributed by atoms with Crippen LogP contribution in [-0.2, 0) is 20.4 Å². The summed E-state index contributed by atoms with van der Waals surface area (Å²) in [7, 11) is -3.92. The fourth-order valence-corrected chi connectivity index (χ4v) is 2.76. The van der Waals surface area contributed by atoms with Crippen molar-refractivity contribution in [1.82, 2.24) is 0 Å². The van der Waals surface area contributed by atoms with Crippen molar-refractivity contribution in [3.8, 4) is 0 Å². The monoisotopic (exact) mass is 356 g/mol. The molecule has 1 unspecified atom stereocenters. The molecule has 2 rings (SSSR count). The van der Waals surface area contributed by atoms with Gasteiger partial charge in [0.15, 0.2) is 17.2 Å². The van der Waals surface area contributed by atoms with Crippen LogP contribution in [0.25, 0.3) is 0 Å². The minimum absolute atomic E-state index is 0.0140. The Kier molecular flexibility index (Phi) is 4.59. The van der Waals surface area contributed by atoms with E-state index in [4.69, 9.17) is 5.73 Å². The third-order valence-electron chi connectivity index (χ3n) is 3.30. The molecule has 0 aliphatic heterocycles. The van der Waals surface area contributed by atoms with Crippen LogP contribution in [0, 0.1) is 11.6 Å². The summed E-state index contributed by atoms with van der Waals surface area (Å²) in [5, 5.41) is 10.7. The number of amides is 1. The van der Waals surface area contributed by atoms with Gasteiger partial charge < -0.3 is 10.8 Å². The van der Waals surface area contributed by atoms with Crippen molar-refractivity contribution in [1.29, 1.82) is 0 Å². The maximum atomic E-state index is 14.1. The van der Waals surface area contributed by atoms with E-state index in [0.29, 0.717) is 12.1 Å². The molecule has 1 atom stereocenters. The Morgan fingerprint density at radius 3 is 2.04 bits per heavy atom. The highest BCUT2D eigenvalue weighted by Gasteiger charge is 2.39. The average Bonchev–Trinajstić information content (AvgIpc) is 2.49. The minimum Gasteiger partial charge on any atom is -0.372 e. The Bertz CT molecular complexity index is 865. The molecule has 9 heteroatoms. The van der Waals surface area contributed by atoms with E-state index in [-0.39, 0.29) is 5.56 Å². The molecule has 0 heterocycles. The Labute approximate surface area is 137 Å². The Hall–Kier alpha value is -2.52. The first-order chi connectivity index (χ1) is 11.1. The average molecular weight is 356 g/mol. The van der Waals surface area contributed by atoms with E-state index in [0.717, 1.165) is 6.26 Å². The smallest absolute Gasteiger partial charge is 0.258 e. The van der Waals surface area contributed by atoms with Crippen molar-refractivity contribution >= 4 is 21.6 Å². The number of carbonyl (C=O) groups is 1. The van der Waals surface area contributed by atoms with E-state index in [2.05, 4.69) is 0 Å². The van der Waals surface area contributed by atoms with Crippen molar-refractivity contribution in [2.75, 3.05) is 11.0 Å². The second kappa shape index (κ2) is 6.17. The fraction of sp³-hybridized carbons (Fsp3) is 0.133. The molecule has 6 nitrogen and oxygen atoms in total. The molecule has 0 saturated carbocycles. The molecule has 0 aliphatic rings. The van der Waals surface area contributed by atoms with Crippen LogP contribution in [0.5, 0.6) is 0 Å². The number of halogens is 2. The normalized spacial score (nSPS) is 14.0. The summed E-state index contributed by atoms with van der Waals surface area (Å²) >= 11 is 0. The van der Waals surface area contributed by atoms with Gasteiger partial charge in [0.2, 0.25) is 10.0 Å². The number of rotatable bonds is 5. The first-order valence-electron chi connectivity index (χ1n) is 6.61. The largest absolute Gasteiger partial charge is 0.372 e. The highest BCUT2D eigenvalue weighted by atomic mass is 32.2. The van der Waals surface area contributed by atoms with Crippen molar-refractivity contribution in [3.63, 3.8) is 0 Å². The number of aliphatic hydroxyl groups is 1. The van der Waals surface area contributed by atoms with E-state index >= 15 is 0 Å². The predicted molar refractivity (Wildman–Crippen MR) is 83.5 cm³/mol. The maximum Gasteiger partial charge on any atom is 0.258 e. The molecule has 0 spiro atoms. The van der Waals surface area contributed by atoms with Crippen molar-refractivity contribution < 1.29 is 27.1 Å². The molecule has 0 aliphatic carbocycles. The summed E-state index contributed by atoms with van der Waals surface area (Å²) in [5.74, 6) is -3.84. The number of hydrogen-bond donors (Lipinski definition) is 3. The Balaban J connectivity index is 2.64. The van der Waals surface area contributed by atoms with Crippen LogP contribution >= 0.6 is 0 Å². The van der Waals surface area contributed by atoms with Crippen LogP contribution in [0.15, 0.2) is 42.5 Å². The molecular formula is C15H14F2N2O4S. The third kappa shape index (κ3) is 3.36. The summed E-state index contributed by atoms with van der Waals surface area (Å²) < 4.78 is 52.2. The Morgan fingerprint density at radius 2 is 1.62 bits per heavy atom. The standard InChI is InChI=1S/C15H14F2N2O4S/c1-24(22,23)19-13-11(16)7-10(8-12(13)17)15(21,14(18)20)9-5-3-2-4-6-9/h2-8,19,21H,1H3,(H2,18,20). The minimum atomic E-state index is -3.92. The van der Waals surface area contributed by atoms with E-state index in [1.807, 2.05) is 0 Å². The maximum absolute atomic E-state index is 14.1. The quantitative estimate of drug-likeness (QED) is 0.744. The topological polar surface area (TPSA) is 109 Å². The van der Waals surface area contributed by atoms with Gasteiger partial charge in [0, 0.05) is 5.56 Å². The van der Waals surface area contributed by atoms with Gasteiger partial charge in [-0.2, -0.15) is 0 Å². The van der Waals surface area contributed by atoms with Gasteiger partial charge in [0.1, 0.15) is 5.69 Å². The third-order valence-corrected chi connectivity index (χ3v) is 3.87. The SMILES string of the molecule is CS(=O)(=O)Nc1c(F)cc(C(O)(C(N)=O)c2ccccc2)cc1F. The van der Waals surface area contributed by atoms with Crippen molar-refractivity contribution in [2.24, 2.45) is 5.73 Å². The first-order valence-corrected chi connectivity index (χ1v) is 8.50. The number of benzene rings is 2. The van der Waals surface area contributed by atoms with Crippen LogP contribution in [0.1, 0.15) is 11.1 Å². The number of hydrogen-bond acceptors (Lipinski definition) is 4. The van der Waals surface area contributed by atoms with Gasteiger partial charge in [-0.3, -0.25) is 9.52 Å². The van der Waals surface area contributed by atoms with Crippen LogP contribution < -0.4 is 10.5 Å². The van der Waals surface area contributed by atoms with Gasteiger partial charge >= 0.3 is 0 Å². The van der Waals surface area contributed by atoms with Crippen LogP contribution in [0.3, 0.4) is 0 Å². The zero-order valence-corrected chi connectivity index (χ0v) is 13.3. The highest BCUT2D eigenvalue weighted by molar-refractivity contribution is 7.92. The number of nitrogens with two attached hydrogens (primary N) is 1. The molecule has 128 valence electrons. The molecular weight excluding hydrogens is 342 g/mol. The van der Waals surface area contributed by atoms with Gasteiger partial charge in [-0.1, -0.05) is 30.3 Å². The number of primary amides is 1. The van der Waals surface area contributed by atoms with Crippen molar-refractivity contribution in [2.45, 2.75) is 5.60 Å². The predicted octanol–water partition coefficient (Wildman–Crippen LogP) is 1.06. The van der Waals surface area contributed by atoms with Crippen molar-refractivity contribution in [3.05, 3.63) is 65.2 Å². The van der Waals surface area contributed by atoms with Crippen LogP contribution in [0.4, 0.5) is 14.5 Å². The van der Waals surface area contributed by atoms with Gasteiger partial charge in [-0.15, -0.1) is 0 Å². The van der Waals surface area contributed by atoms with Gasteiger partial charge in [-0.05, 0) is 17.7 Å². The highest BCUT2D eigenvalue weighted by Crippen LogP contribution is 2.33. The summed E-state index contributed by atoms with van der Waals surface area (Å²) in [4.78, 5) is 11.8. The molecule has 0 aromatic heterocycles. The zero-order chi connectivity index (χ0) is 18.1. The van der Waals surface area contributed by atoms with Crippen LogP contribution in [-0.4, -0.2) is 25.7 Å². The lowest BCUT2D eigenvalue weighted by Crippen LogP contribution is -2.42. The summed E-state index contributed by atoms with van der Waals surface area (Å²) in [6.07, 6.45) is 0.726. The molecule has 24 heavy (non-hydrogen) atoms. The number of carbonyl (C=O) groups excluding carboxylic acids is 1. The lowest BCUT2D eigenvalue weighted by Gasteiger charge is -2.26. The molecule has 0 bridgehead atoms.